The lowest BCUT2D eigenvalue weighted by atomic mass is 10.1. The lowest BCUT2D eigenvalue weighted by Crippen LogP contribution is -2.20. The van der Waals surface area contributed by atoms with Crippen molar-refractivity contribution >= 4 is 17.3 Å². The zero-order valence-corrected chi connectivity index (χ0v) is 10.4. The van der Waals surface area contributed by atoms with Crippen molar-refractivity contribution < 1.29 is 4.79 Å². The highest BCUT2D eigenvalue weighted by Gasteiger charge is 2.22. The fraction of sp³-hybridized carbons (Fsp3) is 0.462. The molecule has 0 unspecified atom stereocenters. The number of carbonyl (C=O) groups is 1. The Morgan fingerprint density at radius 1 is 1.44 bits per heavy atom. The SMILES string of the molecule is Cc1cc(N=[N+]=[N-])ccc1NC(=O)C1CCCC1. The van der Waals surface area contributed by atoms with E-state index in [2.05, 4.69) is 15.3 Å². The van der Waals surface area contributed by atoms with Crippen LogP contribution >= 0.6 is 0 Å². The third-order valence-corrected chi connectivity index (χ3v) is 3.35. The first-order chi connectivity index (χ1) is 8.70. The van der Waals surface area contributed by atoms with Gasteiger partial charge in [-0.05, 0) is 43.0 Å². The highest BCUT2D eigenvalue weighted by atomic mass is 16.1. The summed E-state index contributed by atoms with van der Waals surface area (Å²) in [7, 11) is 0. The number of anilines is 1. The number of hydrogen-bond acceptors (Lipinski definition) is 2. The number of rotatable bonds is 3. The molecule has 1 aliphatic rings. The Bertz CT molecular complexity index is 500. The quantitative estimate of drug-likeness (QED) is 0.485. The van der Waals surface area contributed by atoms with Crippen molar-refractivity contribution in [1.29, 1.82) is 0 Å². The van der Waals surface area contributed by atoms with E-state index in [9.17, 15) is 4.79 Å². The van der Waals surface area contributed by atoms with Crippen LogP contribution in [0.15, 0.2) is 23.3 Å². The second-order valence-electron chi connectivity index (χ2n) is 4.66. The molecule has 1 aromatic rings. The van der Waals surface area contributed by atoms with E-state index < -0.39 is 0 Å². The van der Waals surface area contributed by atoms with E-state index in [-0.39, 0.29) is 11.8 Å². The van der Waals surface area contributed by atoms with Gasteiger partial charge < -0.3 is 5.32 Å². The van der Waals surface area contributed by atoms with Gasteiger partial charge in [0.25, 0.3) is 0 Å². The fourth-order valence-electron chi connectivity index (χ4n) is 2.32. The highest BCUT2D eigenvalue weighted by molar-refractivity contribution is 5.93. The average Bonchev–Trinajstić information content (AvgIpc) is 2.86. The van der Waals surface area contributed by atoms with Crippen molar-refractivity contribution in [2.24, 2.45) is 11.0 Å². The van der Waals surface area contributed by atoms with E-state index in [0.29, 0.717) is 5.69 Å². The molecular formula is C13H16N4O. The Morgan fingerprint density at radius 3 is 2.78 bits per heavy atom. The second-order valence-corrected chi connectivity index (χ2v) is 4.66. The molecule has 5 heteroatoms. The summed E-state index contributed by atoms with van der Waals surface area (Å²) in [6.45, 7) is 1.89. The smallest absolute Gasteiger partial charge is 0.227 e. The van der Waals surface area contributed by atoms with E-state index in [4.69, 9.17) is 5.53 Å². The van der Waals surface area contributed by atoms with Crippen molar-refractivity contribution in [3.8, 4) is 0 Å². The predicted molar refractivity (Wildman–Crippen MR) is 70.6 cm³/mol. The molecule has 1 saturated carbocycles. The van der Waals surface area contributed by atoms with Gasteiger partial charge in [0.1, 0.15) is 0 Å². The summed E-state index contributed by atoms with van der Waals surface area (Å²) < 4.78 is 0. The van der Waals surface area contributed by atoms with Gasteiger partial charge in [-0.25, -0.2) is 0 Å². The molecule has 1 N–H and O–H groups in total. The van der Waals surface area contributed by atoms with E-state index in [1.54, 1.807) is 18.2 Å². The number of azide groups is 1. The van der Waals surface area contributed by atoms with Gasteiger partial charge >= 0.3 is 0 Å². The molecule has 0 bridgehead atoms. The summed E-state index contributed by atoms with van der Waals surface area (Å²) in [5.74, 6) is 0.258. The third kappa shape index (κ3) is 2.81. The maximum absolute atomic E-state index is 12.0. The summed E-state index contributed by atoms with van der Waals surface area (Å²) >= 11 is 0. The monoisotopic (exact) mass is 244 g/mol. The van der Waals surface area contributed by atoms with Gasteiger partial charge in [0.05, 0.1) is 0 Å². The normalized spacial score (nSPS) is 15.2. The van der Waals surface area contributed by atoms with Crippen LogP contribution in [0.25, 0.3) is 10.4 Å². The van der Waals surface area contributed by atoms with Gasteiger partial charge in [0.2, 0.25) is 5.91 Å². The Balaban J connectivity index is 2.09. The first-order valence-electron chi connectivity index (χ1n) is 6.17. The molecule has 0 spiro atoms. The van der Waals surface area contributed by atoms with Crippen molar-refractivity contribution in [3.05, 3.63) is 34.2 Å². The minimum atomic E-state index is 0.104. The number of benzene rings is 1. The largest absolute Gasteiger partial charge is 0.326 e. The van der Waals surface area contributed by atoms with Crippen LogP contribution in [0, 0.1) is 12.8 Å². The molecular weight excluding hydrogens is 228 g/mol. The lowest BCUT2D eigenvalue weighted by Gasteiger charge is -2.12. The van der Waals surface area contributed by atoms with E-state index in [0.717, 1.165) is 36.9 Å². The van der Waals surface area contributed by atoms with Crippen LogP contribution in [-0.2, 0) is 4.79 Å². The first-order valence-corrected chi connectivity index (χ1v) is 6.17. The van der Waals surface area contributed by atoms with Crippen LogP contribution in [0.4, 0.5) is 11.4 Å². The maximum atomic E-state index is 12.0. The number of carbonyl (C=O) groups excluding carboxylic acids is 1. The van der Waals surface area contributed by atoms with Crippen LogP contribution in [0.2, 0.25) is 0 Å². The van der Waals surface area contributed by atoms with Crippen LogP contribution in [0.1, 0.15) is 31.2 Å². The van der Waals surface area contributed by atoms with Crippen LogP contribution < -0.4 is 5.32 Å². The summed E-state index contributed by atoms with van der Waals surface area (Å²) in [4.78, 5) is 14.7. The molecule has 1 amide bonds. The molecule has 1 aromatic carbocycles. The predicted octanol–water partition coefficient (Wildman–Crippen LogP) is 4.07. The van der Waals surface area contributed by atoms with Crippen LogP contribution in [-0.4, -0.2) is 5.91 Å². The van der Waals surface area contributed by atoms with E-state index in [1.807, 2.05) is 6.92 Å². The molecule has 0 heterocycles. The second kappa shape index (κ2) is 5.56. The molecule has 0 aliphatic heterocycles. The zero-order valence-electron chi connectivity index (χ0n) is 10.4. The summed E-state index contributed by atoms with van der Waals surface area (Å²) in [6, 6.07) is 5.26. The van der Waals surface area contributed by atoms with E-state index >= 15 is 0 Å². The molecule has 5 nitrogen and oxygen atoms in total. The number of hydrogen-bond donors (Lipinski definition) is 1. The summed E-state index contributed by atoms with van der Waals surface area (Å²) in [5.41, 5.74) is 10.6. The fourth-order valence-corrected chi connectivity index (χ4v) is 2.32. The van der Waals surface area contributed by atoms with Gasteiger partial charge in [-0.3, -0.25) is 4.79 Å². The maximum Gasteiger partial charge on any atom is 0.227 e. The number of nitrogens with zero attached hydrogens (tertiary/aromatic N) is 3. The van der Waals surface area contributed by atoms with E-state index in [1.165, 1.54) is 0 Å². The Morgan fingerprint density at radius 2 is 2.17 bits per heavy atom. The average molecular weight is 244 g/mol. The van der Waals surface area contributed by atoms with Crippen molar-refractivity contribution in [1.82, 2.24) is 0 Å². The Labute approximate surface area is 106 Å². The van der Waals surface area contributed by atoms with Crippen molar-refractivity contribution in [3.63, 3.8) is 0 Å². The topological polar surface area (TPSA) is 77.9 Å². The van der Waals surface area contributed by atoms with Crippen LogP contribution in [0.5, 0.6) is 0 Å². The molecule has 1 fully saturated rings. The molecule has 1 aliphatic carbocycles. The summed E-state index contributed by atoms with van der Waals surface area (Å²) in [6.07, 6.45) is 4.27. The minimum Gasteiger partial charge on any atom is -0.326 e. The molecule has 94 valence electrons. The van der Waals surface area contributed by atoms with Gasteiger partial charge in [0, 0.05) is 22.2 Å². The van der Waals surface area contributed by atoms with Crippen LogP contribution in [0.3, 0.4) is 0 Å². The van der Waals surface area contributed by atoms with Gasteiger partial charge in [-0.15, -0.1) is 0 Å². The molecule has 0 atom stereocenters. The van der Waals surface area contributed by atoms with Gasteiger partial charge in [0.15, 0.2) is 0 Å². The zero-order chi connectivity index (χ0) is 13.0. The summed E-state index contributed by atoms with van der Waals surface area (Å²) in [5, 5.41) is 6.48. The van der Waals surface area contributed by atoms with Crippen molar-refractivity contribution in [2.45, 2.75) is 32.6 Å². The molecule has 2 rings (SSSR count). The Kier molecular flexibility index (Phi) is 3.85. The number of aryl methyl sites for hydroxylation is 1. The molecule has 0 radical (unpaired) electrons. The first kappa shape index (κ1) is 12.5. The number of nitrogens with one attached hydrogen (secondary N) is 1. The highest BCUT2D eigenvalue weighted by Crippen LogP contribution is 2.27. The van der Waals surface area contributed by atoms with Gasteiger partial charge in [-0.1, -0.05) is 24.0 Å². The lowest BCUT2D eigenvalue weighted by molar-refractivity contribution is -0.119. The van der Waals surface area contributed by atoms with Gasteiger partial charge in [-0.2, -0.15) is 0 Å². The molecule has 0 aromatic heterocycles. The molecule has 18 heavy (non-hydrogen) atoms. The minimum absolute atomic E-state index is 0.104. The number of amides is 1. The molecule has 0 saturated heterocycles. The standard InChI is InChI=1S/C13H16N4O/c1-9-8-11(16-17-14)6-7-12(9)15-13(18)10-4-2-3-5-10/h6-8,10H,2-5H2,1H3,(H,15,18). The Hall–Kier alpha value is -2.00. The van der Waals surface area contributed by atoms with Crippen molar-refractivity contribution in [2.75, 3.05) is 5.32 Å². The third-order valence-electron chi connectivity index (χ3n) is 3.35.